The second-order valence-electron chi connectivity index (χ2n) is 13.5. The van der Waals surface area contributed by atoms with Crippen molar-refractivity contribution in [2.75, 3.05) is 12.8 Å². The zero-order valence-electron chi connectivity index (χ0n) is 32.6. The maximum absolute atomic E-state index is 13.7. The Hall–Kier alpha value is -5.72. The lowest BCUT2D eigenvalue weighted by Gasteiger charge is -2.46. The molecule has 22 nitrogen and oxygen atoms in total. The molecule has 2 aliphatic heterocycles. The smallest absolute Gasteiger partial charge is 0.485 e. The van der Waals surface area contributed by atoms with Gasteiger partial charge in [0.15, 0.2) is 10.1 Å². The molecule has 4 atom stereocenters. The van der Waals surface area contributed by atoms with Crippen molar-refractivity contribution in [3.8, 4) is 0 Å². The maximum atomic E-state index is 13.7. The molecule has 63 heavy (non-hydrogen) atoms. The number of esters is 1. The topological polar surface area (TPSA) is 303 Å². The van der Waals surface area contributed by atoms with Gasteiger partial charge in [0.2, 0.25) is 15.8 Å². The molecule has 340 valence electrons. The molecule has 4 heterocycles. The molecule has 0 spiro atoms. The summed E-state index contributed by atoms with van der Waals surface area (Å²) < 4.78 is 102. The van der Waals surface area contributed by atoms with E-state index < -0.39 is 71.7 Å². The van der Waals surface area contributed by atoms with Crippen LogP contribution in [-0.4, -0.2) is 94.1 Å². The molecule has 2 aromatic heterocycles. The predicted molar refractivity (Wildman–Crippen MR) is 211 cm³/mol. The van der Waals surface area contributed by atoms with Crippen molar-refractivity contribution in [1.82, 2.24) is 18.7 Å². The zero-order chi connectivity index (χ0) is 46.8. The number of nitro groups is 2. The van der Waals surface area contributed by atoms with Gasteiger partial charge in [0.1, 0.15) is 31.7 Å². The zero-order valence-corrected chi connectivity index (χ0v) is 35.8. The first-order valence-electron chi connectivity index (χ1n) is 17.8. The van der Waals surface area contributed by atoms with Gasteiger partial charge in [-0.1, -0.05) is 30.0 Å². The summed E-state index contributed by atoms with van der Waals surface area (Å²) in [7, 11) is -10.4. The van der Waals surface area contributed by atoms with Gasteiger partial charge in [-0.3, -0.25) is 25.0 Å². The molecule has 6 rings (SSSR count). The second-order valence-corrected chi connectivity index (χ2v) is 18.2. The number of β-lactam (4-membered cyclic amide) rings is 1. The lowest BCUT2D eigenvalue weighted by Crippen LogP contribution is -2.63. The number of benzene rings is 2. The van der Waals surface area contributed by atoms with Gasteiger partial charge in [-0.2, -0.15) is 30.7 Å². The number of fused-ring (bicyclic) bond motifs is 2. The van der Waals surface area contributed by atoms with E-state index in [9.17, 15) is 61.3 Å². The molecule has 1 fully saturated rings. The van der Waals surface area contributed by atoms with Crippen molar-refractivity contribution >= 4 is 83.2 Å². The Morgan fingerprint density at radius 2 is 1.52 bits per heavy atom. The van der Waals surface area contributed by atoms with Crippen LogP contribution >= 0.6 is 23.1 Å². The third-order valence-corrected chi connectivity index (χ3v) is 13.1. The third-order valence-electron chi connectivity index (χ3n) is 9.41. The Kier molecular flexibility index (Phi) is 14.5. The Balaban J connectivity index is 0.000000852. The minimum atomic E-state index is -6.09. The van der Waals surface area contributed by atoms with Crippen LogP contribution in [0.5, 0.6) is 0 Å². The SMILES string of the molecule is CSc1c2sc(C3=C(C(=O)OCc4ccc([N+](=O)[O-])cc4)N4C(=O)[C@H]([C@@H](C)O)[C@H]4[C@H]3C)cn2c[n+]1CCNS(=O)(=O)NC(=O)OCc1ccc([N+](=O)[O-])cc1.O=S(=O)([O-])C(F)(F)F. The van der Waals surface area contributed by atoms with Gasteiger partial charge in [-0.05, 0) is 48.6 Å². The Bertz CT molecular complexity index is 2690. The van der Waals surface area contributed by atoms with Crippen LogP contribution in [-0.2, 0) is 59.1 Å². The summed E-state index contributed by atoms with van der Waals surface area (Å²) in [4.78, 5) is 62.6. The van der Waals surface area contributed by atoms with Gasteiger partial charge in [0.25, 0.3) is 17.7 Å². The van der Waals surface area contributed by atoms with Gasteiger partial charge in [-0.25, -0.2) is 27.3 Å². The molecule has 1 saturated heterocycles. The summed E-state index contributed by atoms with van der Waals surface area (Å²) in [5.41, 5.74) is -4.34. The number of nitrogens with zero attached hydrogens (tertiary/aromatic N) is 5. The number of amides is 2. The van der Waals surface area contributed by atoms with Gasteiger partial charge in [-0.15, -0.1) is 0 Å². The van der Waals surface area contributed by atoms with Crippen LogP contribution in [0.15, 0.2) is 71.8 Å². The van der Waals surface area contributed by atoms with E-state index in [2.05, 4.69) is 4.72 Å². The van der Waals surface area contributed by atoms with Crippen LogP contribution in [0.2, 0.25) is 0 Å². The fourth-order valence-electron chi connectivity index (χ4n) is 6.57. The number of nitrogens with one attached hydrogen (secondary N) is 2. The number of hydrogen-bond donors (Lipinski definition) is 3. The van der Waals surface area contributed by atoms with Gasteiger partial charge < -0.3 is 24.0 Å². The average molecular weight is 966 g/mol. The number of thiazole rings is 1. The normalized spacial score (nSPS) is 17.9. The van der Waals surface area contributed by atoms with Gasteiger partial charge >= 0.3 is 27.8 Å². The number of imidazole rings is 1. The number of nitro benzene ring substituents is 2. The standard InChI is InChI=1S/C33H33N7O12S3.CHF3O3S/c1-18-25(28(38-27(18)26(19(2)41)29(38)42)32(43)51-15-20-4-8-22(9-5-20)39(45)46)24-14-37-17-36(30(53-3)31(37)54-24)13-12-34-55(49,50)35-33(44)52-16-21-6-10-23(11-7-21)40(47)48;2-1(3,4)8(5,6)7/h4-11,14,17-19,26-27,34,41H,12-13,15-16H2,1-3H3;(H,5,6,7)/t18-,19+,26+,27+;/m0./s1. The number of thioether (sulfide) groups is 1. The van der Waals surface area contributed by atoms with E-state index in [1.165, 1.54) is 83.5 Å². The highest BCUT2D eigenvalue weighted by atomic mass is 32.2. The van der Waals surface area contributed by atoms with Crippen LogP contribution in [0.1, 0.15) is 29.9 Å². The number of non-ortho nitro benzene ring substituents is 2. The molecule has 29 heteroatoms. The fourth-order valence-corrected chi connectivity index (χ4v) is 9.49. The number of ether oxygens (including phenoxy) is 2. The van der Waals surface area contributed by atoms with Crippen LogP contribution in [0.3, 0.4) is 0 Å². The largest absolute Gasteiger partial charge is 0.741 e. The van der Waals surface area contributed by atoms with E-state index in [-0.39, 0.29) is 49.3 Å². The van der Waals surface area contributed by atoms with E-state index in [4.69, 9.17) is 22.4 Å². The molecule has 0 saturated carbocycles. The summed E-state index contributed by atoms with van der Waals surface area (Å²) in [5, 5.41) is 33.0. The minimum absolute atomic E-state index is 0.0672. The lowest BCUT2D eigenvalue weighted by atomic mass is 9.77. The molecule has 2 aromatic carbocycles. The average Bonchev–Trinajstić information content (AvgIpc) is 3.82. The van der Waals surface area contributed by atoms with Crippen LogP contribution in [0.4, 0.5) is 29.3 Å². The van der Waals surface area contributed by atoms with E-state index in [1.54, 1.807) is 17.2 Å². The number of aliphatic hydroxyl groups excluding tert-OH is 1. The molecule has 0 unspecified atom stereocenters. The summed E-state index contributed by atoms with van der Waals surface area (Å²) >= 11 is 2.75. The minimum Gasteiger partial charge on any atom is -0.741 e. The van der Waals surface area contributed by atoms with Crippen molar-refractivity contribution in [2.24, 2.45) is 11.8 Å². The van der Waals surface area contributed by atoms with Gasteiger partial charge in [0, 0.05) is 35.8 Å². The Morgan fingerprint density at radius 1 is 1.00 bits per heavy atom. The fraction of sp³-hybridized carbons (Fsp3) is 0.353. The Labute approximate surface area is 362 Å². The highest BCUT2D eigenvalue weighted by Crippen LogP contribution is 2.52. The first-order chi connectivity index (χ1) is 29.3. The van der Waals surface area contributed by atoms with E-state index in [0.717, 1.165) is 9.86 Å². The molecule has 0 bridgehead atoms. The molecule has 3 N–H and O–H groups in total. The highest BCUT2D eigenvalue weighted by Gasteiger charge is 2.60. The highest BCUT2D eigenvalue weighted by molar-refractivity contribution is 7.98. The van der Waals surface area contributed by atoms with Crippen molar-refractivity contribution in [3.63, 3.8) is 0 Å². The lowest BCUT2D eigenvalue weighted by molar-refractivity contribution is -0.727. The molecule has 4 aromatic rings. The molecule has 2 aliphatic rings. The molecule has 0 radical (unpaired) electrons. The first-order valence-corrected chi connectivity index (χ1v) is 22.7. The monoisotopic (exact) mass is 965 g/mol. The van der Waals surface area contributed by atoms with E-state index >= 15 is 0 Å². The van der Waals surface area contributed by atoms with Crippen molar-refractivity contribution in [1.29, 1.82) is 0 Å². The summed E-state index contributed by atoms with van der Waals surface area (Å²) in [6, 6.07) is 10.3. The summed E-state index contributed by atoms with van der Waals surface area (Å²) in [5.74, 6) is -2.22. The summed E-state index contributed by atoms with van der Waals surface area (Å²) in [6.07, 6.45) is 3.19. The van der Waals surface area contributed by atoms with Crippen molar-refractivity contribution in [3.05, 3.63) is 103 Å². The number of aromatic nitrogens is 2. The number of alkyl halides is 3. The number of carbonyl (C=O) groups is 3. The van der Waals surface area contributed by atoms with Crippen LogP contribution in [0.25, 0.3) is 10.4 Å². The number of rotatable bonds is 15. The van der Waals surface area contributed by atoms with Crippen LogP contribution < -0.4 is 14.0 Å². The number of carbonyl (C=O) groups excluding carboxylic acids is 3. The maximum Gasteiger partial charge on any atom is 0.485 e. The third kappa shape index (κ3) is 10.9. The van der Waals surface area contributed by atoms with E-state index in [1.807, 2.05) is 22.1 Å². The summed E-state index contributed by atoms with van der Waals surface area (Å²) in [6.45, 7) is 2.95. The Morgan fingerprint density at radius 3 is 2.00 bits per heavy atom. The molecule has 2 amide bonds. The van der Waals surface area contributed by atoms with Crippen molar-refractivity contribution < 1.29 is 77.9 Å². The van der Waals surface area contributed by atoms with E-state index in [0.29, 0.717) is 21.6 Å². The quantitative estimate of drug-likeness (QED) is 0.0225. The second kappa shape index (κ2) is 18.9. The molecular formula is C34H34F3N7O15S4. The number of aliphatic hydroxyl groups is 1. The molecular weight excluding hydrogens is 932 g/mol. The first kappa shape index (κ1) is 48.3. The number of halogens is 3. The number of hydrogen-bond acceptors (Lipinski definition) is 17. The van der Waals surface area contributed by atoms with Crippen LogP contribution in [0, 0.1) is 32.1 Å². The van der Waals surface area contributed by atoms with Crippen molar-refractivity contribution in [2.45, 2.75) is 56.3 Å². The van der Waals surface area contributed by atoms with Gasteiger partial charge in [0.05, 0.1) is 39.3 Å². The molecule has 0 aliphatic carbocycles. The predicted octanol–water partition coefficient (Wildman–Crippen LogP) is 2.95.